The SMILES string of the molecule is COc1ccc(NC(=O)Cn2cc(C(=O)c3ccc(Cl)cc3)c(=O)c3cc4c(cc32)OCO4)cc1. The Kier molecular flexibility index (Phi) is 5.88. The van der Waals surface area contributed by atoms with Gasteiger partial charge in [-0.05, 0) is 54.6 Å². The molecule has 0 spiro atoms. The molecule has 1 aliphatic rings. The van der Waals surface area contributed by atoms with Crippen LogP contribution >= 0.6 is 11.6 Å². The normalized spacial score (nSPS) is 11.9. The number of benzene rings is 3. The third kappa shape index (κ3) is 4.43. The average Bonchev–Trinajstić information content (AvgIpc) is 3.33. The quantitative estimate of drug-likeness (QED) is 0.406. The third-order valence-electron chi connectivity index (χ3n) is 5.61. The summed E-state index contributed by atoms with van der Waals surface area (Å²) in [6.07, 6.45) is 1.40. The number of nitrogens with one attached hydrogen (secondary N) is 1. The number of aromatic nitrogens is 1. The van der Waals surface area contributed by atoms with Gasteiger partial charge >= 0.3 is 0 Å². The van der Waals surface area contributed by atoms with Crippen LogP contribution in [-0.4, -0.2) is 30.2 Å². The van der Waals surface area contributed by atoms with E-state index < -0.39 is 11.2 Å². The Bertz CT molecular complexity index is 1510. The van der Waals surface area contributed by atoms with Crippen molar-refractivity contribution in [1.82, 2.24) is 4.57 Å². The molecule has 3 aromatic carbocycles. The number of nitrogens with zero attached hydrogens (tertiary/aromatic N) is 1. The fraction of sp³-hybridized carbons (Fsp3) is 0.115. The summed E-state index contributed by atoms with van der Waals surface area (Å²) in [6, 6.07) is 16.3. The summed E-state index contributed by atoms with van der Waals surface area (Å²) in [5.74, 6) is 0.701. The van der Waals surface area contributed by atoms with Gasteiger partial charge in [-0.25, -0.2) is 0 Å². The van der Waals surface area contributed by atoms with E-state index >= 15 is 0 Å². The first kappa shape index (κ1) is 22.5. The van der Waals surface area contributed by atoms with Crippen molar-refractivity contribution < 1.29 is 23.8 Å². The van der Waals surface area contributed by atoms with Crippen molar-refractivity contribution in [3.8, 4) is 17.2 Å². The average molecular weight is 491 g/mol. The minimum Gasteiger partial charge on any atom is -0.497 e. The molecule has 1 aliphatic heterocycles. The first-order valence-corrected chi connectivity index (χ1v) is 11.0. The number of rotatable bonds is 6. The molecule has 1 N–H and O–H groups in total. The maximum Gasteiger partial charge on any atom is 0.244 e. The molecule has 9 heteroatoms. The Balaban J connectivity index is 1.56. The summed E-state index contributed by atoms with van der Waals surface area (Å²) in [7, 11) is 1.56. The van der Waals surface area contributed by atoms with E-state index in [4.69, 9.17) is 25.8 Å². The number of hydrogen-bond donors (Lipinski definition) is 1. The molecule has 0 fully saturated rings. The Hall–Kier alpha value is -4.30. The molecule has 0 saturated carbocycles. The molecule has 0 saturated heterocycles. The van der Waals surface area contributed by atoms with E-state index in [1.54, 1.807) is 66.3 Å². The van der Waals surface area contributed by atoms with Crippen LogP contribution in [0.25, 0.3) is 10.9 Å². The van der Waals surface area contributed by atoms with Gasteiger partial charge in [-0.2, -0.15) is 0 Å². The van der Waals surface area contributed by atoms with E-state index in [0.29, 0.717) is 39.0 Å². The number of pyridine rings is 1. The van der Waals surface area contributed by atoms with Crippen LogP contribution in [0.15, 0.2) is 71.7 Å². The minimum absolute atomic E-state index is 0.0222. The number of fused-ring (bicyclic) bond motifs is 2. The van der Waals surface area contributed by atoms with Crippen LogP contribution in [0.3, 0.4) is 0 Å². The van der Waals surface area contributed by atoms with Crippen molar-refractivity contribution in [3.63, 3.8) is 0 Å². The minimum atomic E-state index is -0.476. The number of ketones is 1. The molecule has 8 nitrogen and oxygen atoms in total. The highest BCUT2D eigenvalue weighted by atomic mass is 35.5. The zero-order chi connectivity index (χ0) is 24.5. The largest absolute Gasteiger partial charge is 0.497 e. The van der Waals surface area contributed by atoms with E-state index in [2.05, 4.69) is 5.32 Å². The smallest absolute Gasteiger partial charge is 0.244 e. The van der Waals surface area contributed by atoms with Gasteiger partial charge in [0.25, 0.3) is 0 Å². The summed E-state index contributed by atoms with van der Waals surface area (Å²) in [4.78, 5) is 39.4. The zero-order valence-electron chi connectivity index (χ0n) is 18.5. The lowest BCUT2D eigenvalue weighted by Crippen LogP contribution is -2.24. The molecule has 0 unspecified atom stereocenters. The number of ether oxygens (including phenoxy) is 3. The first-order valence-electron chi connectivity index (χ1n) is 10.6. The molecular weight excluding hydrogens is 472 g/mol. The molecule has 0 radical (unpaired) electrons. The van der Waals surface area contributed by atoms with Crippen molar-refractivity contribution in [1.29, 1.82) is 0 Å². The van der Waals surface area contributed by atoms with Crippen LogP contribution in [0.2, 0.25) is 5.02 Å². The second-order valence-electron chi connectivity index (χ2n) is 7.84. The van der Waals surface area contributed by atoms with Crippen molar-refractivity contribution in [2.45, 2.75) is 6.54 Å². The predicted octanol–water partition coefficient (Wildman–Crippen LogP) is 4.26. The van der Waals surface area contributed by atoms with Gasteiger partial charge in [0.15, 0.2) is 17.3 Å². The number of carbonyl (C=O) groups is 2. The molecule has 0 aliphatic carbocycles. The van der Waals surface area contributed by atoms with Gasteiger partial charge in [-0.15, -0.1) is 0 Å². The number of carbonyl (C=O) groups excluding carboxylic acids is 2. The van der Waals surface area contributed by atoms with E-state index in [9.17, 15) is 14.4 Å². The molecular formula is C26H19ClN2O6. The van der Waals surface area contributed by atoms with Gasteiger partial charge in [-0.3, -0.25) is 14.4 Å². The van der Waals surface area contributed by atoms with E-state index in [1.165, 1.54) is 12.3 Å². The number of methoxy groups -OCH3 is 1. The molecule has 35 heavy (non-hydrogen) atoms. The van der Waals surface area contributed by atoms with Crippen LogP contribution in [0, 0.1) is 0 Å². The Morgan fingerprint density at radius 1 is 1.03 bits per heavy atom. The van der Waals surface area contributed by atoms with Gasteiger partial charge in [0, 0.05) is 28.5 Å². The predicted molar refractivity (Wildman–Crippen MR) is 131 cm³/mol. The molecule has 2 heterocycles. The molecule has 5 rings (SSSR count). The molecule has 176 valence electrons. The molecule has 4 aromatic rings. The lowest BCUT2D eigenvalue weighted by molar-refractivity contribution is -0.116. The van der Waals surface area contributed by atoms with Crippen LogP contribution in [-0.2, 0) is 11.3 Å². The highest BCUT2D eigenvalue weighted by molar-refractivity contribution is 6.30. The monoisotopic (exact) mass is 490 g/mol. The Morgan fingerprint density at radius 2 is 1.71 bits per heavy atom. The van der Waals surface area contributed by atoms with E-state index in [0.717, 1.165) is 0 Å². The number of amides is 1. The molecule has 0 bridgehead atoms. The van der Waals surface area contributed by atoms with Crippen molar-refractivity contribution in [2.75, 3.05) is 19.2 Å². The van der Waals surface area contributed by atoms with Crippen LogP contribution in [0.5, 0.6) is 17.2 Å². The fourth-order valence-electron chi connectivity index (χ4n) is 3.86. The summed E-state index contributed by atoms with van der Waals surface area (Å²) in [5, 5.41) is 3.53. The third-order valence-corrected chi connectivity index (χ3v) is 5.87. The van der Waals surface area contributed by atoms with E-state index in [1.807, 2.05) is 0 Å². The van der Waals surface area contributed by atoms with Gasteiger partial charge in [0.05, 0.1) is 23.6 Å². The van der Waals surface area contributed by atoms with Crippen LogP contribution in [0.1, 0.15) is 15.9 Å². The maximum absolute atomic E-state index is 13.3. The van der Waals surface area contributed by atoms with Gasteiger partial charge in [0.1, 0.15) is 12.3 Å². The number of anilines is 1. The highest BCUT2D eigenvalue weighted by Gasteiger charge is 2.22. The van der Waals surface area contributed by atoms with Gasteiger partial charge in [-0.1, -0.05) is 11.6 Å². The number of hydrogen-bond acceptors (Lipinski definition) is 6. The first-order chi connectivity index (χ1) is 16.9. The number of halogens is 1. The molecule has 1 amide bonds. The zero-order valence-corrected chi connectivity index (χ0v) is 19.3. The lowest BCUT2D eigenvalue weighted by Gasteiger charge is -2.14. The maximum atomic E-state index is 13.3. The van der Waals surface area contributed by atoms with Crippen molar-refractivity contribution in [3.05, 3.63) is 93.2 Å². The van der Waals surface area contributed by atoms with Crippen molar-refractivity contribution >= 4 is 39.9 Å². The summed E-state index contributed by atoms with van der Waals surface area (Å²) < 4.78 is 17.6. The molecule has 1 aromatic heterocycles. The highest BCUT2D eigenvalue weighted by Crippen LogP contribution is 2.35. The summed E-state index contributed by atoms with van der Waals surface area (Å²) in [5.41, 5.74) is 0.787. The standard InChI is InChI=1S/C26H19ClN2O6/c1-33-18-8-6-17(7-9-18)28-24(30)13-29-12-20(25(31)15-2-4-16(27)5-3-15)26(32)19-10-22-23(11-21(19)29)35-14-34-22/h2-12H,13-14H2,1H3,(H,28,30). The Labute approximate surface area is 204 Å². The Morgan fingerprint density at radius 3 is 2.40 bits per heavy atom. The summed E-state index contributed by atoms with van der Waals surface area (Å²) in [6.45, 7) is -0.127. The van der Waals surface area contributed by atoms with Crippen molar-refractivity contribution in [2.24, 2.45) is 0 Å². The van der Waals surface area contributed by atoms with Crippen LogP contribution in [0.4, 0.5) is 5.69 Å². The second-order valence-corrected chi connectivity index (χ2v) is 8.27. The second kappa shape index (κ2) is 9.15. The molecule has 0 atom stereocenters. The van der Waals surface area contributed by atoms with E-state index in [-0.39, 0.29) is 30.2 Å². The lowest BCUT2D eigenvalue weighted by atomic mass is 10.0. The van der Waals surface area contributed by atoms with Gasteiger partial charge < -0.3 is 24.1 Å². The fourth-order valence-corrected chi connectivity index (χ4v) is 3.98. The topological polar surface area (TPSA) is 95.9 Å². The van der Waals surface area contributed by atoms with Gasteiger partial charge in [0.2, 0.25) is 18.1 Å². The summed E-state index contributed by atoms with van der Waals surface area (Å²) >= 11 is 5.94. The van der Waals surface area contributed by atoms with Crippen LogP contribution < -0.4 is 25.0 Å².